The maximum Gasteiger partial charge on any atom is 0.451 e. The number of halogens is 3. The van der Waals surface area contributed by atoms with Crippen molar-refractivity contribution in [1.82, 2.24) is 9.97 Å². The van der Waals surface area contributed by atoms with E-state index in [1.165, 1.54) is 6.07 Å². The van der Waals surface area contributed by atoms with Crippen molar-refractivity contribution in [2.24, 2.45) is 0 Å². The Morgan fingerprint density at radius 1 is 1.26 bits per heavy atom. The van der Waals surface area contributed by atoms with Gasteiger partial charge in [0.25, 0.3) is 0 Å². The molecule has 106 valence electrons. The maximum absolute atomic E-state index is 12.7. The fourth-order valence-electron chi connectivity index (χ4n) is 2.34. The molecule has 0 amide bonds. The highest BCUT2D eigenvalue weighted by molar-refractivity contribution is 5.48. The number of aromatic nitrogens is 2. The highest BCUT2D eigenvalue weighted by Crippen LogP contribution is 2.30. The average molecular weight is 274 g/mol. The summed E-state index contributed by atoms with van der Waals surface area (Å²) in [5, 5.41) is 0. The predicted molar refractivity (Wildman–Crippen MR) is 66.7 cm³/mol. The molecule has 1 aromatic rings. The SMILES string of the molecule is CC1CCCCCN1c1cc(N)nc(C(F)(F)F)n1. The largest absolute Gasteiger partial charge is 0.451 e. The lowest BCUT2D eigenvalue weighted by Gasteiger charge is -2.28. The fourth-order valence-corrected chi connectivity index (χ4v) is 2.34. The number of rotatable bonds is 1. The molecule has 0 saturated carbocycles. The molecule has 7 heteroatoms. The number of anilines is 2. The van der Waals surface area contributed by atoms with Gasteiger partial charge in [0.15, 0.2) is 0 Å². The molecule has 1 unspecified atom stereocenters. The second-order valence-electron chi connectivity index (χ2n) is 4.86. The van der Waals surface area contributed by atoms with Gasteiger partial charge in [-0.2, -0.15) is 13.2 Å². The van der Waals surface area contributed by atoms with Gasteiger partial charge in [-0.3, -0.25) is 0 Å². The Bertz CT molecular complexity index is 447. The first-order chi connectivity index (χ1) is 8.88. The van der Waals surface area contributed by atoms with E-state index in [1.807, 2.05) is 11.8 Å². The third kappa shape index (κ3) is 3.27. The zero-order chi connectivity index (χ0) is 14.0. The lowest BCUT2D eigenvalue weighted by atomic mass is 10.1. The molecule has 4 nitrogen and oxygen atoms in total. The molecule has 1 aliphatic heterocycles. The Hall–Kier alpha value is -1.53. The van der Waals surface area contributed by atoms with Crippen LogP contribution >= 0.6 is 0 Å². The zero-order valence-electron chi connectivity index (χ0n) is 10.7. The van der Waals surface area contributed by atoms with Gasteiger partial charge in [-0.25, -0.2) is 9.97 Å². The molecule has 19 heavy (non-hydrogen) atoms. The maximum atomic E-state index is 12.7. The van der Waals surface area contributed by atoms with Crippen molar-refractivity contribution in [3.05, 3.63) is 11.9 Å². The monoisotopic (exact) mass is 274 g/mol. The number of hydrogen-bond acceptors (Lipinski definition) is 4. The van der Waals surface area contributed by atoms with Gasteiger partial charge in [0.1, 0.15) is 11.6 Å². The quantitative estimate of drug-likeness (QED) is 0.855. The van der Waals surface area contributed by atoms with E-state index in [1.54, 1.807) is 0 Å². The van der Waals surface area contributed by atoms with E-state index in [0.29, 0.717) is 6.54 Å². The highest BCUT2D eigenvalue weighted by Gasteiger charge is 2.36. The summed E-state index contributed by atoms with van der Waals surface area (Å²) in [6.07, 6.45) is -0.488. The number of nitrogens with zero attached hydrogens (tertiary/aromatic N) is 3. The fraction of sp³-hybridized carbons (Fsp3) is 0.667. The summed E-state index contributed by atoms with van der Waals surface area (Å²) in [6.45, 7) is 2.70. The number of alkyl halides is 3. The van der Waals surface area contributed by atoms with Gasteiger partial charge in [0.2, 0.25) is 5.82 Å². The van der Waals surface area contributed by atoms with E-state index < -0.39 is 12.0 Å². The van der Waals surface area contributed by atoms with Crippen LogP contribution in [0.15, 0.2) is 6.07 Å². The van der Waals surface area contributed by atoms with Crippen LogP contribution in [0.5, 0.6) is 0 Å². The van der Waals surface area contributed by atoms with E-state index in [9.17, 15) is 13.2 Å². The summed E-state index contributed by atoms with van der Waals surface area (Å²) in [6, 6.07) is 1.58. The number of nitrogens with two attached hydrogens (primary N) is 1. The average Bonchev–Trinajstić information content (AvgIpc) is 2.52. The van der Waals surface area contributed by atoms with Crippen molar-refractivity contribution in [3.8, 4) is 0 Å². The Labute approximate surface area is 109 Å². The summed E-state index contributed by atoms with van der Waals surface area (Å²) in [5.41, 5.74) is 5.47. The molecule has 0 radical (unpaired) electrons. The van der Waals surface area contributed by atoms with Crippen molar-refractivity contribution in [2.75, 3.05) is 17.2 Å². The van der Waals surface area contributed by atoms with Crippen LogP contribution in [-0.2, 0) is 6.18 Å². The smallest absolute Gasteiger partial charge is 0.384 e. The predicted octanol–water partition coefficient (Wildman–Crippen LogP) is 2.85. The highest BCUT2D eigenvalue weighted by atomic mass is 19.4. The summed E-state index contributed by atoms with van der Waals surface area (Å²) >= 11 is 0. The Balaban J connectivity index is 2.35. The standard InChI is InChI=1S/C12H17F3N4/c1-8-5-3-2-4-6-19(8)10-7-9(16)17-11(18-10)12(13,14)15/h7-8H,2-6H2,1H3,(H2,16,17,18). The molecule has 0 aromatic carbocycles. The molecule has 0 spiro atoms. The van der Waals surface area contributed by atoms with Crippen LogP contribution in [0.25, 0.3) is 0 Å². The molecule has 2 rings (SSSR count). The first-order valence-corrected chi connectivity index (χ1v) is 6.36. The van der Waals surface area contributed by atoms with E-state index >= 15 is 0 Å². The Morgan fingerprint density at radius 2 is 2.00 bits per heavy atom. The summed E-state index contributed by atoms with van der Waals surface area (Å²) in [5.74, 6) is -1.04. The first kappa shape index (κ1) is 13.9. The Morgan fingerprint density at radius 3 is 2.68 bits per heavy atom. The Kier molecular flexibility index (Phi) is 3.82. The van der Waals surface area contributed by atoms with Gasteiger partial charge in [0.05, 0.1) is 0 Å². The minimum atomic E-state index is -4.57. The van der Waals surface area contributed by atoms with Gasteiger partial charge in [0, 0.05) is 18.7 Å². The van der Waals surface area contributed by atoms with Crippen molar-refractivity contribution < 1.29 is 13.2 Å². The van der Waals surface area contributed by atoms with Crippen LogP contribution in [0, 0.1) is 0 Å². The van der Waals surface area contributed by atoms with E-state index in [0.717, 1.165) is 25.7 Å². The molecule has 0 bridgehead atoms. The van der Waals surface area contributed by atoms with Crippen LogP contribution < -0.4 is 10.6 Å². The molecule has 1 aliphatic rings. The van der Waals surface area contributed by atoms with E-state index in [2.05, 4.69) is 9.97 Å². The van der Waals surface area contributed by atoms with Crippen LogP contribution in [0.1, 0.15) is 38.4 Å². The molecule has 1 atom stereocenters. The molecule has 1 saturated heterocycles. The van der Waals surface area contributed by atoms with Crippen molar-refractivity contribution in [2.45, 2.75) is 44.8 Å². The molecule has 0 aliphatic carbocycles. The second-order valence-corrected chi connectivity index (χ2v) is 4.86. The topological polar surface area (TPSA) is 55.0 Å². The molecule has 2 N–H and O–H groups in total. The van der Waals surface area contributed by atoms with Crippen molar-refractivity contribution in [3.63, 3.8) is 0 Å². The van der Waals surface area contributed by atoms with Gasteiger partial charge < -0.3 is 10.6 Å². The summed E-state index contributed by atoms with van der Waals surface area (Å²) in [7, 11) is 0. The molecular formula is C12H17F3N4. The van der Waals surface area contributed by atoms with Crippen molar-refractivity contribution in [1.29, 1.82) is 0 Å². The van der Waals surface area contributed by atoms with Crippen LogP contribution in [-0.4, -0.2) is 22.6 Å². The summed E-state index contributed by atoms with van der Waals surface area (Å²) in [4.78, 5) is 8.78. The molecule has 1 fully saturated rings. The lowest BCUT2D eigenvalue weighted by Crippen LogP contribution is -2.34. The van der Waals surface area contributed by atoms with Crippen LogP contribution in [0.2, 0.25) is 0 Å². The number of nitrogen functional groups attached to an aromatic ring is 1. The lowest BCUT2D eigenvalue weighted by molar-refractivity contribution is -0.144. The summed E-state index contributed by atoms with van der Waals surface area (Å²) < 4.78 is 38.1. The van der Waals surface area contributed by atoms with Crippen LogP contribution in [0.4, 0.5) is 24.8 Å². The first-order valence-electron chi connectivity index (χ1n) is 6.36. The van der Waals surface area contributed by atoms with Crippen LogP contribution in [0.3, 0.4) is 0 Å². The normalized spacial score (nSPS) is 21.3. The molecule has 2 heterocycles. The van der Waals surface area contributed by atoms with Gasteiger partial charge >= 0.3 is 6.18 Å². The van der Waals surface area contributed by atoms with Gasteiger partial charge in [-0.05, 0) is 19.8 Å². The molecule has 1 aromatic heterocycles. The van der Waals surface area contributed by atoms with Gasteiger partial charge in [-0.1, -0.05) is 12.8 Å². The third-order valence-corrected chi connectivity index (χ3v) is 3.33. The van der Waals surface area contributed by atoms with Crippen molar-refractivity contribution >= 4 is 11.6 Å². The zero-order valence-corrected chi connectivity index (χ0v) is 10.7. The molecular weight excluding hydrogens is 257 g/mol. The number of hydrogen-bond donors (Lipinski definition) is 1. The third-order valence-electron chi connectivity index (χ3n) is 3.33. The minimum Gasteiger partial charge on any atom is -0.384 e. The van der Waals surface area contributed by atoms with E-state index in [4.69, 9.17) is 5.73 Å². The van der Waals surface area contributed by atoms with Gasteiger partial charge in [-0.15, -0.1) is 0 Å². The van der Waals surface area contributed by atoms with E-state index in [-0.39, 0.29) is 17.7 Å². The minimum absolute atomic E-state index is 0.145. The second kappa shape index (κ2) is 5.22.